The monoisotopic (exact) mass is 328 g/mol. The third kappa shape index (κ3) is 2.87. The Hall–Kier alpha value is -2.53. The Kier molecular flexibility index (Phi) is 3.96. The van der Waals surface area contributed by atoms with E-state index in [1.807, 2.05) is 12.1 Å². The van der Waals surface area contributed by atoms with Gasteiger partial charge in [-0.2, -0.15) is 0 Å². The van der Waals surface area contributed by atoms with E-state index in [4.69, 9.17) is 9.15 Å². The van der Waals surface area contributed by atoms with Gasteiger partial charge in [0.1, 0.15) is 22.2 Å². The van der Waals surface area contributed by atoms with E-state index in [1.54, 1.807) is 62.6 Å². The zero-order valence-electron chi connectivity index (χ0n) is 12.8. The number of hydrogen-bond acceptors (Lipinski definition) is 4. The molecule has 118 valence electrons. The molecule has 0 unspecified atom stereocenters. The van der Waals surface area contributed by atoms with Crippen molar-refractivity contribution in [1.82, 2.24) is 0 Å². The van der Waals surface area contributed by atoms with Crippen molar-refractivity contribution in [2.24, 2.45) is 0 Å². The van der Waals surface area contributed by atoms with E-state index in [-0.39, 0.29) is 9.79 Å². The summed E-state index contributed by atoms with van der Waals surface area (Å²) in [6.07, 6.45) is 0. The minimum Gasteiger partial charge on any atom is -0.497 e. The van der Waals surface area contributed by atoms with Crippen LogP contribution in [0.15, 0.2) is 74.9 Å². The molecule has 1 aromatic heterocycles. The van der Waals surface area contributed by atoms with Crippen LogP contribution in [-0.2, 0) is 9.84 Å². The van der Waals surface area contributed by atoms with Crippen LogP contribution in [0.5, 0.6) is 5.75 Å². The second kappa shape index (κ2) is 5.93. The van der Waals surface area contributed by atoms with Gasteiger partial charge in [-0.1, -0.05) is 18.2 Å². The van der Waals surface area contributed by atoms with Gasteiger partial charge in [0.2, 0.25) is 9.84 Å². The van der Waals surface area contributed by atoms with Gasteiger partial charge in [0.05, 0.1) is 12.0 Å². The van der Waals surface area contributed by atoms with Gasteiger partial charge >= 0.3 is 0 Å². The molecule has 23 heavy (non-hydrogen) atoms. The topological polar surface area (TPSA) is 56.5 Å². The Labute approximate surface area is 135 Å². The van der Waals surface area contributed by atoms with E-state index in [9.17, 15) is 8.42 Å². The molecule has 0 spiro atoms. The van der Waals surface area contributed by atoms with Crippen molar-refractivity contribution in [3.8, 4) is 17.1 Å². The first kappa shape index (κ1) is 15.4. The molecule has 0 saturated carbocycles. The maximum Gasteiger partial charge on any atom is 0.210 e. The predicted molar refractivity (Wildman–Crippen MR) is 87.3 cm³/mol. The number of hydrogen-bond donors (Lipinski definition) is 0. The summed E-state index contributed by atoms with van der Waals surface area (Å²) in [6, 6.07) is 17.2. The second-order valence-corrected chi connectivity index (χ2v) is 6.99. The summed E-state index contributed by atoms with van der Waals surface area (Å²) in [7, 11) is -1.99. The quantitative estimate of drug-likeness (QED) is 0.723. The van der Waals surface area contributed by atoms with Gasteiger partial charge in [-0.25, -0.2) is 8.42 Å². The lowest BCUT2D eigenvalue weighted by Gasteiger charge is -2.01. The molecule has 0 atom stereocenters. The third-order valence-electron chi connectivity index (χ3n) is 3.59. The van der Waals surface area contributed by atoms with Crippen LogP contribution < -0.4 is 4.74 Å². The average molecular weight is 328 g/mol. The molecule has 0 saturated heterocycles. The van der Waals surface area contributed by atoms with E-state index < -0.39 is 9.84 Å². The molecule has 0 aliphatic carbocycles. The van der Waals surface area contributed by atoms with E-state index in [2.05, 4.69) is 0 Å². The molecule has 4 nitrogen and oxygen atoms in total. The lowest BCUT2D eigenvalue weighted by molar-refractivity contribution is 0.415. The van der Waals surface area contributed by atoms with Crippen LogP contribution in [0.2, 0.25) is 0 Å². The Balaban J connectivity index is 2.04. The first-order valence-corrected chi connectivity index (χ1v) is 8.55. The van der Waals surface area contributed by atoms with Gasteiger partial charge in [0, 0.05) is 11.6 Å². The lowest BCUT2D eigenvalue weighted by atomic mass is 10.2. The summed E-state index contributed by atoms with van der Waals surface area (Å²) in [5.74, 6) is 1.62. The number of furan rings is 1. The number of rotatable bonds is 4. The van der Waals surface area contributed by atoms with Crippen LogP contribution >= 0.6 is 0 Å². The largest absolute Gasteiger partial charge is 0.497 e. The minimum absolute atomic E-state index is 0.189. The van der Waals surface area contributed by atoms with Crippen molar-refractivity contribution in [3.63, 3.8) is 0 Å². The van der Waals surface area contributed by atoms with E-state index in [0.29, 0.717) is 11.5 Å². The molecule has 0 radical (unpaired) electrons. The molecule has 0 N–H and O–H groups in total. The van der Waals surface area contributed by atoms with E-state index in [0.717, 1.165) is 11.3 Å². The highest BCUT2D eigenvalue weighted by Gasteiger charge is 2.24. The predicted octanol–water partition coefficient (Wildman–Crippen LogP) is 4.10. The molecule has 3 aromatic rings. The highest BCUT2D eigenvalue weighted by molar-refractivity contribution is 7.91. The van der Waals surface area contributed by atoms with Gasteiger partial charge in [0.15, 0.2) is 0 Å². The summed E-state index contributed by atoms with van der Waals surface area (Å²) < 4.78 is 36.2. The van der Waals surface area contributed by atoms with Gasteiger partial charge in [-0.05, 0) is 43.3 Å². The van der Waals surface area contributed by atoms with Gasteiger partial charge in [-0.3, -0.25) is 0 Å². The van der Waals surface area contributed by atoms with Crippen molar-refractivity contribution in [3.05, 3.63) is 66.4 Å². The van der Waals surface area contributed by atoms with Crippen LogP contribution in [-0.4, -0.2) is 15.5 Å². The van der Waals surface area contributed by atoms with Crippen LogP contribution in [0, 0.1) is 6.92 Å². The summed E-state index contributed by atoms with van der Waals surface area (Å²) in [4.78, 5) is 0.444. The van der Waals surface area contributed by atoms with Gasteiger partial charge < -0.3 is 9.15 Å². The average Bonchev–Trinajstić information content (AvgIpc) is 2.98. The van der Waals surface area contributed by atoms with Crippen LogP contribution in [0.1, 0.15) is 5.76 Å². The molecule has 1 heterocycles. The zero-order valence-corrected chi connectivity index (χ0v) is 13.6. The number of aryl methyl sites for hydroxylation is 1. The summed E-state index contributed by atoms with van der Waals surface area (Å²) in [5.41, 5.74) is 0.795. The Morgan fingerprint density at radius 1 is 0.957 bits per heavy atom. The van der Waals surface area contributed by atoms with Crippen molar-refractivity contribution in [2.75, 3.05) is 7.11 Å². The van der Waals surface area contributed by atoms with Crippen molar-refractivity contribution >= 4 is 9.84 Å². The summed E-state index contributed by atoms with van der Waals surface area (Å²) in [6.45, 7) is 1.66. The molecular weight excluding hydrogens is 312 g/mol. The molecule has 0 fully saturated rings. The van der Waals surface area contributed by atoms with Gasteiger partial charge in [0.25, 0.3) is 0 Å². The molecule has 0 aliphatic heterocycles. The number of sulfone groups is 1. The standard InChI is InChI=1S/C18H16O4S/c1-13-18(23(19,20)16-6-4-3-5-7-16)12-17(22-13)14-8-10-15(21-2)11-9-14/h3-12H,1-2H3. The fourth-order valence-corrected chi connectivity index (χ4v) is 3.81. The van der Waals surface area contributed by atoms with E-state index >= 15 is 0 Å². The van der Waals surface area contributed by atoms with Gasteiger partial charge in [-0.15, -0.1) is 0 Å². The Bertz CT molecular complexity index is 907. The Morgan fingerprint density at radius 2 is 1.61 bits per heavy atom. The van der Waals surface area contributed by atoms with Crippen LogP contribution in [0.25, 0.3) is 11.3 Å². The zero-order chi connectivity index (χ0) is 16.4. The van der Waals surface area contributed by atoms with Crippen LogP contribution in [0.4, 0.5) is 0 Å². The van der Waals surface area contributed by atoms with Crippen molar-refractivity contribution in [1.29, 1.82) is 0 Å². The SMILES string of the molecule is COc1ccc(-c2cc(S(=O)(=O)c3ccccc3)c(C)o2)cc1. The lowest BCUT2D eigenvalue weighted by Crippen LogP contribution is -2.01. The van der Waals surface area contributed by atoms with Crippen molar-refractivity contribution < 1.29 is 17.6 Å². The normalized spacial score (nSPS) is 11.4. The molecule has 0 amide bonds. The highest BCUT2D eigenvalue weighted by atomic mass is 32.2. The molecule has 0 bridgehead atoms. The Morgan fingerprint density at radius 3 is 2.22 bits per heavy atom. The summed E-state index contributed by atoms with van der Waals surface area (Å²) in [5, 5.41) is 0. The molecule has 5 heteroatoms. The number of ether oxygens (including phenoxy) is 1. The molecular formula is C18H16O4S. The van der Waals surface area contributed by atoms with Crippen molar-refractivity contribution in [2.45, 2.75) is 16.7 Å². The molecule has 0 aliphatic rings. The first-order chi connectivity index (χ1) is 11.0. The smallest absolute Gasteiger partial charge is 0.210 e. The number of benzene rings is 2. The third-order valence-corrected chi connectivity index (χ3v) is 5.47. The molecule has 2 aromatic carbocycles. The maximum absolute atomic E-state index is 12.7. The maximum atomic E-state index is 12.7. The van der Waals surface area contributed by atoms with E-state index in [1.165, 1.54) is 0 Å². The second-order valence-electron chi connectivity index (χ2n) is 5.08. The van der Waals surface area contributed by atoms with Crippen LogP contribution in [0.3, 0.4) is 0 Å². The molecule has 3 rings (SSSR count). The fourth-order valence-electron chi connectivity index (χ4n) is 2.36. The minimum atomic E-state index is -3.59. The fraction of sp³-hybridized carbons (Fsp3) is 0.111. The number of methoxy groups -OCH3 is 1. The highest BCUT2D eigenvalue weighted by Crippen LogP contribution is 2.32. The first-order valence-electron chi connectivity index (χ1n) is 7.07. The summed E-state index contributed by atoms with van der Waals surface area (Å²) >= 11 is 0.